The zero-order valence-corrected chi connectivity index (χ0v) is 17.3. The Bertz CT molecular complexity index is 837. The quantitative estimate of drug-likeness (QED) is 0.784. The number of ether oxygens (including phenoxy) is 1. The van der Waals surface area contributed by atoms with Gasteiger partial charge in [0.2, 0.25) is 11.8 Å². The van der Waals surface area contributed by atoms with Gasteiger partial charge in [0.15, 0.2) is 0 Å². The summed E-state index contributed by atoms with van der Waals surface area (Å²) in [5.74, 6) is -0.0288. The number of hydrogen-bond acceptors (Lipinski definition) is 3. The molecule has 1 atom stereocenters. The van der Waals surface area contributed by atoms with Crippen molar-refractivity contribution in [2.45, 2.75) is 26.2 Å². The first-order valence-electron chi connectivity index (χ1n) is 10.3. The van der Waals surface area contributed by atoms with Crippen LogP contribution in [0.15, 0.2) is 54.6 Å². The van der Waals surface area contributed by atoms with Crippen LogP contribution in [0.3, 0.4) is 0 Å². The third-order valence-corrected chi connectivity index (χ3v) is 5.59. The molecule has 5 nitrogen and oxygen atoms in total. The molecule has 1 aliphatic rings. The number of benzene rings is 2. The number of nitrogens with zero attached hydrogens (tertiary/aromatic N) is 1. The van der Waals surface area contributed by atoms with E-state index in [1.165, 1.54) is 7.11 Å². The first-order valence-corrected chi connectivity index (χ1v) is 10.3. The molecular weight excluding hydrogens is 364 g/mol. The Morgan fingerprint density at radius 1 is 1.10 bits per heavy atom. The van der Waals surface area contributed by atoms with E-state index in [-0.39, 0.29) is 18.4 Å². The lowest BCUT2D eigenvalue weighted by atomic mass is 9.74. The van der Waals surface area contributed by atoms with Crippen LogP contribution in [0.1, 0.15) is 25.3 Å². The highest BCUT2D eigenvalue weighted by Crippen LogP contribution is 2.35. The van der Waals surface area contributed by atoms with Gasteiger partial charge in [0.05, 0.1) is 5.41 Å². The molecule has 5 heteroatoms. The summed E-state index contributed by atoms with van der Waals surface area (Å²) in [7, 11) is 1.52. The second-order valence-corrected chi connectivity index (χ2v) is 7.73. The predicted octanol–water partition coefficient (Wildman–Crippen LogP) is 3.29. The van der Waals surface area contributed by atoms with Gasteiger partial charge in [-0.15, -0.1) is 0 Å². The maximum absolute atomic E-state index is 13.1. The molecule has 3 rings (SSSR count). The minimum atomic E-state index is -0.618. The third kappa shape index (κ3) is 5.04. The van der Waals surface area contributed by atoms with Crippen LogP contribution in [0.5, 0.6) is 0 Å². The van der Waals surface area contributed by atoms with Gasteiger partial charge in [-0.25, -0.2) is 0 Å². The average Bonchev–Trinajstić information content (AvgIpc) is 2.75. The molecule has 0 aromatic heterocycles. The smallest absolute Gasteiger partial charge is 0.248 e. The van der Waals surface area contributed by atoms with E-state index >= 15 is 0 Å². The fourth-order valence-electron chi connectivity index (χ4n) is 4.20. The number of likely N-dealkylation sites (tertiary alicyclic amines) is 1. The van der Waals surface area contributed by atoms with Crippen molar-refractivity contribution in [1.82, 2.24) is 10.2 Å². The molecule has 1 aliphatic heterocycles. The van der Waals surface area contributed by atoms with Crippen molar-refractivity contribution in [3.05, 3.63) is 60.2 Å². The monoisotopic (exact) mass is 394 g/mol. The van der Waals surface area contributed by atoms with Crippen LogP contribution in [0.25, 0.3) is 11.1 Å². The number of carbonyl (C=O) groups is 2. The van der Waals surface area contributed by atoms with Crippen molar-refractivity contribution in [2.75, 3.05) is 33.4 Å². The topological polar surface area (TPSA) is 58.6 Å². The molecule has 1 saturated heterocycles. The Balaban J connectivity index is 1.88. The molecular formula is C24H30N2O3. The van der Waals surface area contributed by atoms with Crippen LogP contribution in [-0.2, 0) is 20.7 Å². The molecule has 29 heavy (non-hydrogen) atoms. The molecule has 1 heterocycles. The fraction of sp³-hybridized carbons (Fsp3) is 0.417. The number of piperidine rings is 1. The van der Waals surface area contributed by atoms with Gasteiger partial charge in [-0.3, -0.25) is 9.59 Å². The molecule has 2 aromatic carbocycles. The first-order chi connectivity index (χ1) is 14.1. The van der Waals surface area contributed by atoms with Crippen molar-refractivity contribution in [2.24, 2.45) is 5.41 Å². The molecule has 0 bridgehead atoms. The van der Waals surface area contributed by atoms with Gasteiger partial charge in [-0.2, -0.15) is 0 Å². The zero-order chi connectivity index (χ0) is 20.7. The van der Waals surface area contributed by atoms with Crippen LogP contribution >= 0.6 is 0 Å². The van der Waals surface area contributed by atoms with Crippen molar-refractivity contribution in [3.63, 3.8) is 0 Å². The van der Waals surface area contributed by atoms with Gasteiger partial charge in [-0.05, 0) is 42.9 Å². The number of rotatable bonds is 7. The van der Waals surface area contributed by atoms with Crippen molar-refractivity contribution in [1.29, 1.82) is 0 Å². The number of nitrogens with one attached hydrogen (secondary N) is 1. The van der Waals surface area contributed by atoms with Crippen LogP contribution in [0, 0.1) is 5.41 Å². The summed E-state index contributed by atoms with van der Waals surface area (Å²) in [6, 6.07) is 18.6. The van der Waals surface area contributed by atoms with Crippen LogP contribution in [-0.4, -0.2) is 50.1 Å². The van der Waals surface area contributed by atoms with E-state index in [0.717, 1.165) is 29.5 Å². The summed E-state index contributed by atoms with van der Waals surface area (Å²) in [4.78, 5) is 27.3. The van der Waals surface area contributed by atoms with Crippen molar-refractivity contribution >= 4 is 11.8 Å². The highest BCUT2D eigenvalue weighted by atomic mass is 16.5. The third-order valence-electron chi connectivity index (χ3n) is 5.59. The average molecular weight is 395 g/mol. The van der Waals surface area contributed by atoms with Crippen LogP contribution < -0.4 is 5.32 Å². The lowest BCUT2D eigenvalue weighted by Crippen LogP contribution is -2.55. The molecule has 1 N–H and O–H groups in total. The standard InChI is InChI=1S/C24H30N2O3/c1-3-25-23(28)24(13-8-14-26(18-24)22(27)17-29-2)16-19-9-7-12-21(15-19)20-10-5-4-6-11-20/h4-7,9-12,15H,3,8,13-14,16-18H2,1-2H3,(H,25,28). The molecule has 0 aliphatic carbocycles. The van der Waals surface area contributed by atoms with Crippen molar-refractivity contribution in [3.8, 4) is 11.1 Å². The van der Waals surface area contributed by atoms with Crippen LogP contribution in [0.4, 0.5) is 0 Å². The molecule has 2 aromatic rings. The van der Waals surface area contributed by atoms with Gasteiger partial charge in [0, 0.05) is 26.7 Å². The molecule has 1 unspecified atom stereocenters. The SMILES string of the molecule is CCNC(=O)C1(Cc2cccc(-c3ccccc3)c2)CCCN(C(=O)COC)C1. The van der Waals surface area contributed by atoms with Crippen molar-refractivity contribution < 1.29 is 14.3 Å². The summed E-state index contributed by atoms with van der Waals surface area (Å²) in [6.45, 7) is 3.66. The molecule has 0 saturated carbocycles. The van der Waals surface area contributed by atoms with Gasteiger partial charge in [0.1, 0.15) is 6.61 Å². The van der Waals surface area contributed by atoms with E-state index in [1.54, 1.807) is 4.90 Å². The van der Waals surface area contributed by atoms with E-state index in [0.29, 0.717) is 26.1 Å². The maximum Gasteiger partial charge on any atom is 0.248 e. The summed E-state index contributed by atoms with van der Waals surface area (Å²) in [6.07, 6.45) is 2.19. The van der Waals surface area contributed by atoms with E-state index in [1.807, 2.05) is 31.2 Å². The Morgan fingerprint density at radius 2 is 1.86 bits per heavy atom. The minimum Gasteiger partial charge on any atom is -0.375 e. The molecule has 0 radical (unpaired) electrons. The molecule has 1 fully saturated rings. The highest BCUT2D eigenvalue weighted by molar-refractivity contribution is 5.85. The molecule has 2 amide bonds. The van der Waals surface area contributed by atoms with Crippen LogP contribution in [0.2, 0.25) is 0 Å². The lowest BCUT2D eigenvalue weighted by Gasteiger charge is -2.42. The second-order valence-electron chi connectivity index (χ2n) is 7.73. The first kappa shape index (κ1) is 21.1. The normalized spacial score (nSPS) is 19.0. The maximum atomic E-state index is 13.1. The number of carbonyl (C=O) groups excluding carboxylic acids is 2. The van der Waals surface area contributed by atoms with E-state index in [4.69, 9.17) is 4.74 Å². The lowest BCUT2D eigenvalue weighted by molar-refractivity contribution is -0.144. The van der Waals surface area contributed by atoms with Gasteiger partial charge >= 0.3 is 0 Å². The van der Waals surface area contributed by atoms with Gasteiger partial charge in [-0.1, -0.05) is 54.6 Å². The molecule has 0 spiro atoms. The Labute approximate surface area is 173 Å². The number of hydrogen-bond donors (Lipinski definition) is 1. The van der Waals surface area contributed by atoms with E-state index < -0.39 is 5.41 Å². The number of amides is 2. The minimum absolute atomic E-state index is 0.0278. The predicted molar refractivity (Wildman–Crippen MR) is 114 cm³/mol. The highest BCUT2D eigenvalue weighted by Gasteiger charge is 2.43. The fourth-order valence-corrected chi connectivity index (χ4v) is 4.20. The Kier molecular flexibility index (Phi) is 7.04. The van der Waals surface area contributed by atoms with Gasteiger partial charge in [0.25, 0.3) is 0 Å². The largest absolute Gasteiger partial charge is 0.375 e. The second kappa shape index (κ2) is 9.70. The molecule has 154 valence electrons. The summed E-state index contributed by atoms with van der Waals surface area (Å²) in [5, 5.41) is 3.01. The summed E-state index contributed by atoms with van der Waals surface area (Å²) in [5.41, 5.74) is 2.78. The Morgan fingerprint density at radius 3 is 2.59 bits per heavy atom. The summed E-state index contributed by atoms with van der Waals surface area (Å²) < 4.78 is 5.02. The van der Waals surface area contributed by atoms with E-state index in [9.17, 15) is 9.59 Å². The zero-order valence-electron chi connectivity index (χ0n) is 17.3. The van der Waals surface area contributed by atoms with E-state index in [2.05, 4.69) is 35.6 Å². The van der Waals surface area contributed by atoms with Gasteiger partial charge < -0.3 is 15.0 Å². The summed E-state index contributed by atoms with van der Waals surface area (Å²) >= 11 is 0. The number of methoxy groups -OCH3 is 1. The Hall–Kier alpha value is -2.66.